The van der Waals surface area contributed by atoms with E-state index in [0.29, 0.717) is 6.42 Å². The van der Waals surface area contributed by atoms with E-state index < -0.39 is 0 Å². The fraction of sp³-hybridized carbons (Fsp3) is 0.900. The normalized spacial score (nSPS) is 9.92. The second-order valence-corrected chi connectivity index (χ2v) is 3.68. The van der Waals surface area contributed by atoms with Gasteiger partial charge in [0, 0.05) is 6.42 Å². The van der Waals surface area contributed by atoms with Crippen LogP contribution in [0, 0.1) is 0 Å². The Morgan fingerprint density at radius 2 is 1.62 bits per heavy atom. The highest BCUT2D eigenvalue weighted by atomic mass is 27.1. The summed E-state index contributed by atoms with van der Waals surface area (Å²) in [6.45, 7) is 2.22. The molecule has 0 amide bonds. The van der Waals surface area contributed by atoms with E-state index >= 15 is 0 Å². The average molecular weight is 199 g/mol. The Labute approximate surface area is 89.8 Å². The van der Waals surface area contributed by atoms with Crippen LogP contribution in [-0.2, 0) is 8.58 Å². The van der Waals surface area contributed by atoms with Gasteiger partial charge in [-0.25, -0.2) is 0 Å². The summed E-state index contributed by atoms with van der Waals surface area (Å²) in [5.74, 6) is -0.0631. The van der Waals surface area contributed by atoms with Crippen molar-refractivity contribution in [3.05, 3.63) is 0 Å². The van der Waals surface area contributed by atoms with E-state index in [1.807, 2.05) is 0 Å². The summed E-state index contributed by atoms with van der Waals surface area (Å²) in [4.78, 5) is 10.7. The van der Waals surface area contributed by atoms with E-state index in [2.05, 4.69) is 10.7 Å². The second kappa shape index (κ2) is 10.1. The zero-order chi connectivity index (χ0) is 9.94. The molecule has 3 heteroatoms. The van der Waals surface area contributed by atoms with Crippen molar-refractivity contribution in [1.29, 1.82) is 0 Å². The molecule has 0 aliphatic carbocycles. The van der Waals surface area contributed by atoms with E-state index in [1.165, 1.54) is 55.1 Å². The van der Waals surface area contributed by atoms with E-state index in [-0.39, 0.29) is 5.97 Å². The third-order valence-electron chi connectivity index (χ3n) is 2.15. The first-order chi connectivity index (χ1) is 6.31. The minimum Gasteiger partial charge on any atom is -0.624 e. The SMILES string of the molecule is CCCCCCCCCC(=O)[O][AlH]. The van der Waals surface area contributed by atoms with Gasteiger partial charge in [0.25, 0.3) is 5.97 Å². The van der Waals surface area contributed by atoms with Gasteiger partial charge in [0.05, 0.1) is 0 Å². The standard InChI is InChI=1S/C10H20O2.Al.H/c1-2-3-4-5-6-7-8-9-10(11)12;;/h2-9H2,1H3,(H,11,12);;/q;+1;/p-1. The maximum atomic E-state index is 10.7. The number of hydrogen-bond donors (Lipinski definition) is 0. The Kier molecular flexibility index (Phi) is 10.1. The lowest BCUT2D eigenvalue weighted by molar-refractivity contribution is -0.134. The van der Waals surface area contributed by atoms with Gasteiger partial charge in [-0.05, 0) is 6.42 Å². The van der Waals surface area contributed by atoms with Crippen molar-refractivity contribution in [3.63, 3.8) is 0 Å². The van der Waals surface area contributed by atoms with Gasteiger partial charge in [0.2, 0.25) is 0 Å². The van der Waals surface area contributed by atoms with E-state index in [4.69, 9.17) is 0 Å². The first-order valence-corrected chi connectivity index (χ1v) is 5.83. The van der Waals surface area contributed by atoms with Crippen LogP contribution in [0.25, 0.3) is 0 Å². The number of rotatable bonds is 8. The molecule has 1 radical (unpaired) electrons. The van der Waals surface area contributed by atoms with Gasteiger partial charge in [0.1, 0.15) is 0 Å². The molecule has 0 saturated carbocycles. The smallest absolute Gasteiger partial charge is 0.496 e. The molecule has 0 rings (SSSR count). The molecule has 0 fully saturated rings. The number of carbonyl (C=O) groups is 1. The summed E-state index contributed by atoms with van der Waals surface area (Å²) in [5.41, 5.74) is 0. The second-order valence-electron chi connectivity index (χ2n) is 3.39. The van der Waals surface area contributed by atoms with Gasteiger partial charge in [-0.2, -0.15) is 0 Å². The van der Waals surface area contributed by atoms with Crippen molar-refractivity contribution in [1.82, 2.24) is 0 Å². The van der Waals surface area contributed by atoms with Crippen LogP contribution in [0.3, 0.4) is 0 Å². The van der Waals surface area contributed by atoms with E-state index in [1.54, 1.807) is 0 Å². The maximum Gasteiger partial charge on any atom is 0.496 e. The minimum atomic E-state index is -0.0631. The fourth-order valence-corrected chi connectivity index (χ4v) is 1.44. The quantitative estimate of drug-likeness (QED) is 0.443. The van der Waals surface area contributed by atoms with Crippen molar-refractivity contribution in [2.24, 2.45) is 0 Å². The third-order valence-corrected chi connectivity index (χ3v) is 2.47. The lowest BCUT2D eigenvalue weighted by atomic mass is 10.1. The minimum absolute atomic E-state index is 0.0631. The molecule has 0 bridgehead atoms. The molecule has 0 aromatic heterocycles. The highest BCUT2D eigenvalue weighted by Gasteiger charge is 1.97. The van der Waals surface area contributed by atoms with Gasteiger partial charge in [-0.3, -0.25) is 4.79 Å². The predicted molar refractivity (Wildman–Crippen MR) is 55.9 cm³/mol. The number of unbranched alkanes of at least 4 members (excludes halogenated alkanes) is 6. The monoisotopic (exact) mass is 199 g/mol. The van der Waals surface area contributed by atoms with Crippen LogP contribution in [0.2, 0.25) is 0 Å². The van der Waals surface area contributed by atoms with E-state index in [9.17, 15) is 4.79 Å². The van der Waals surface area contributed by atoms with Crippen molar-refractivity contribution in [3.8, 4) is 0 Å². The van der Waals surface area contributed by atoms with Gasteiger partial charge in [-0.15, -0.1) is 0 Å². The van der Waals surface area contributed by atoms with Crippen molar-refractivity contribution >= 4 is 22.6 Å². The highest BCUT2D eigenvalue weighted by molar-refractivity contribution is 6.05. The summed E-state index contributed by atoms with van der Waals surface area (Å²) >= 11 is 1.27. The number of hydrogen-bond acceptors (Lipinski definition) is 2. The number of carbonyl (C=O) groups excluding carboxylic acids is 1. The zero-order valence-electron chi connectivity index (χ0n) is 8.68. The van der Waals surface area contributed by atoms with Crippen molar-refractivity contribution in [2.45, 2.75) is 58.3 Å². The van der Waals surface area contributed by atoms with Gasteiger partial charge < -0.3 is 3.79 Å². The molecular weight excluding hydrogens is 179 g/mol. The van der Waals surface area contributed by atoms with Crippen molar-refractivity contribution in [2.75, 3.05) is 0 Å². The van der Waals surface area contributed by atoms with Crippen LogP contribution in [0.5, 0.6) is 0 Å². The lowest BCUT2D eigenvalue weighted by Gasteiger charge is -2.01. The van der Waals surface area contributed by atoms with Gasteiger partial charge in [0.15, 0.2) is 0 Å². The predicted octanol–water partition coefficient (Wildman–Crippen LogP) is 2.49. The first-order valence-electron chi connectivity index (χ1n) is 5.26. The Bertz CT molecular complexity index is 126. The Hall–Kier alpha value is 0.00247. The molecule has 0 heterocycles. The zero-order valence-corrected chi connectivity index (χ0v) is 10.1. The average Bonchev–Trinajstić information content (AvgIpc) is 2.16. The molecule has 0 aromatic rings. The van der Waals surface area contributed by atoms with Crippen LogP contribution in [-0.4, -0.2) is 22.6 Å². The largest absolute Gasteiger partial charge is 0.624 e. The lowest BCUT2D eigenvalue weighted by Crippen LogP contribution is -2.00. The molecule has 0 spiro atoms. The fourth-order valence-electron chi connectivity index (χ4n) is 1.30. The summed E-state index contributed by atoms with van der Waals surface area (Å²) in [6.07, 6.45) is 9.32. The first kappa shape index (κ1) is 13.0. The molecule has 0 N–H and O–H groups in total. The van der Waals surface area contributed by atoms with Crippen molar-refractivity contribution < 1.29 is 8.58 Å². The van der Waals surface area contributed by atoms with Crippen LogP contribution in [0.1, 0.15) is 58.3 Å². The Morgan fingerprint density at radius 1 is 1.08 bits per heavy atom. The molecule has 0 saturated heterocycles. The summed E-state index contributed by atoms with van der Waals surface area (Å²) in [6, 6.07) is 0. The summed E-state index contributed by atoms with van der Waals surface area (Å²) in [5, 5.41) is 0. The summed E-state index contributed by atoms with van der Waals surface area (Å²) < 4.78 is 4.58. The molecule has 0 aromatic carbocycles. The molecule has 13 heavy (non-hydrogen) atoms. The van der Waals surface area contributed by atoms with Crippen LogP contribution in [0.4, 0.5) is 0 Å². The van der Waals surface area contributed by atoms with E-state index in [0.717, 1.165) is 6.42 Å². The molecule has 75 valence electrons. The molecule has 0 unspecified atom stereocenters. The molecule has 2 nitrogen and oxygen atoms in total. The third kappa shape index (κ3) is 9.92. The van der Waals surface area contributed by atoms with Crippen LogP contribution < -0.4 is 0 Å². The molecule has 0 aliphatic rings. The maximum absolute atomic E-state index is 10.7. The molecular formula is C10H20AlO2. The summed E-state index contributed by atoms with van der Waals surface area (Å²) in [7, 11) is 0. The Balaban J connectivity index is 2.95. The van der Waals surface area contributed by atoms with Crippen LogP contribution in [0.15, 0.2) is 0 Å². The molecule has 0 atom stereocenters. The van der Waals surface area contributed by atoms with Gasteiger partial charge >= 0.3 is 16.6 Å². The topological polar surface area (TPSA) is 26.3 Å². The van der Waals surface area contributed by atoms with Crippen LogP contribution >= 0.6 is 0 Å². The highest BCUT2D eigenvalue weighted by Crippen LogP contribution is 2.08. The Morgan fingerprint density at radius 3 is 2.15 bits per heavy atom. The molecule has 0 aliphatic heterocycles. The van der Waals surface area contributed by atoms with Gasteiger partial charge in [-0.1, -0.05) is 45.4 Å².